The van der Waals surface area contributed by atoms with Crippen LogP contribution in [-0.4, -0.2) is 92.8 Å². The van der Waals surface area contributed by atoms with Crippen LogP contribution in [0, 0.1) is 11.3 Å². The maximum atomic E-state index is 14.1. The Morgan fingerprint density at radius 1 is 1.20 bits per heavy atom. The van der Waals surface area contributed by atoms with E-state index >= 15 is 0 Å². The summed E-state index contributed by atoms with van der Waals surface area (Å²) in [6.07, 6.45) is -2.31. The molecule has 2 aliphatic heterocycles. The molecule has 0 radical (unpaired) electrons. The fourth-order valence-corrected chi connectivity index (χ4v) is 6.36. The highest BCUT2D eigenvalue weighted by Gasteiger charge is 2.39. The highest BCUT2D eigenvalue weighted by Crippen LogP contribution is 2.39. The zero-order chi connectivity index (χ0) is 32.6. The molecule has 2 aliphatic rings. The quantitative estimate of drug-likeness (QED) is 0.337. The van der Waals surface area contributed by atoms with Crippen LogP contribution in [0.2, 0.25) is 5.02 Å². The number of rotatable bonds is 8. The van der Waals surface area contributed by atoms with E-state index in [1.54, 1.807) is 4.90 Å². The van der Waals surface area contributed by atoms with E-state index in [1.807, 2.05) is 16.7 Å². The van der Waals surface area contributed by atoms with Crippen molar-refractivity contribution in [2.75, 3.05) is 49.1 Å². The van der Waals surface area contributed by atoms with E-state index in [9.17, 15) is 28.0 Å². The molecule has 2 fully saturated rings. The Morgan fingerprint density at radius 3 is 2.53 bits per heavy atom. The van der Waals surface area contributed by atoms with Gasteiger partial charge < -0.3 is 14.7 Å². The third-order valence-electron chi connectivity index (χ3n) is 8.49. The smallest absolute Gasteiger partial charge is 0.349 e. The van der Waals surface area contributed by atoms with Gasteiger partial charge in [-0.25, -0.2) is 4.98 Å². The van der Waals surface area contributed by atoms with Gasteiger partial charge in [0.15, 0.2) is 0 Å². The SMILES string of the molecule is C=CC(=O)N1C[C@H](C)N(c2nc(N3CC(N(CC)CC)C3)nc3c(=O)n(-c4cccc(Cl)c4C(F)(F)F)ncc23)C[C@@H]1CC#N. The van der Waals surface area contributed by atoms with Crippen LogP contribution >= 0.6 is 11.6 Å². The molecule has 11 nitrogen and oxygen atoms in total. The number of piperazine rings is 1. The van der Waals surface area contributed by atoms with Crippen LogP contribution in [0.1, 0.15) is 32.8 Å². The van der Waals surface area contributed by atoms with E-state index < -0.39 is 34.1 Å². The second kappa shape index (κ2) is 12.6. The van der Waals surface area contributed by atoms with Gasteiger partial charge in [-0.1, -0.05) is 38.1 Å². The molecule has 0 aliphatic carbocycles. The topological polar surface area (TPSA) is 114 Å². The van der Waals surface area contributed by atoms with Crippen LogP contribution in [0.4, 0.5) is 24.9 Å². The predicted octanol–water partition coefficient (Wildman–Crippen LogP) is 3.88. The van der Waals surface area contributed by atoms with Gasteiger partial charge in [-0.05, 0) is 38.2 Å². The van der Waals surface area contributed by atoms with Gasteiger partial charge in [-0.2, -0.15) is 33.2 Å². The number of likely N-dealkylation sites (N-methyl/N-ethyl adjacent to an activating group) is 1. The van der Waals surface area contributed by atoms with Crippen LogP contribution in [0.3, 0.4) is 0 Å². The van der Waals surface area contributed by atoms with E-state index in [4.69, 9.17) is 16.6 Å². The molecule has 3 aromatic rings. The van der Waals surface area contributed by atoms with E-state index in [2.05, 4.69) is 41.5 Å². The number of hydrogen-bond acceptors (Lipinski definition) is 9. The Hall–Kier alpha value is -4.22. The molecule has 1 amide bonds. The fraction of sp³-hybridized carbons (Fsp3) is 0.467. The Kier molecular flexibility index (Phi) is 9.04. The zero-order valence-electron chi connectivity index (χ0n) is 25.1. The monoisotopic (exact) mass is 643 g/mol. The van der Waals surface area contributed by atoms with Crippen molar-refractivity contribution in [3.63, 3.8) is 0 Å². The minimum atomic E-state index is -4.85. The molecule has 2 atom stereocenters. The third kappa shape index (κ3) is 5.94. The van der Waals surface area contributed by atoms with E-state index in [-0.39, 0.29) is 54.4 Å². The van der Waals surface area contributed by atoms with Crippen molar-refractivity contribution < 1.29 is 18.0 Å². The first-order valence-corrected chi connectivity index (χ1v) is 15.0. The van der Waals surface area contributed by atoms with Crippen molar-refractivity contribution >= 4 is 40.2 Å². The molecule has 4 heterocycles. The molecule has 0 N–H and O–H groups in total. The lowest BCUT2D eigenvalue weighted by atomic mass is 10.0. The largest absolute Gasteiger partial charge is 0.419 e. The average Bonchev–Trinajstić information content (AvgIpc) is 2.98. The van der Waals surface area contributed by atoms with Gasteiger partial charge in [0.1, 0.15) is 11.3 Å². The fourth-order valence-electron chi connectivity index (χ4n) is 6.09. The van der Waals surface area contributed by atoms with Crippen molar-refractivity contribution in [2.45, 2.75) is 51.5 Å². The number of nitriles is 1. The molecular weight excluding hydrogens is 611 g/mol. The number of anilines is 2. The Labute approximate surface area is 263 Å². The Morgan fingerprint density at radius 2 is 1.91 bits per heavy atom. The highest BCUT2D eigenvalue weighted by molar-refractivity contribution is 6.31. The van der Waals surface area contributed by atoms with Crippen molar-refractivity contribution in [3.05, 3.63) is 58.0 Å². The molecule has 0 unspecified atom stereocenters. The van der Waals surface area contributed by atoms with Crippen molar-refractivity contribution in [1.82, 2.24) is 29.5 Å². The number of fused-ring (bicyclic) bond motifs is 1. The van der Waals surface area contributed by atoms with Gasteiger partial charge >= 0.3 is 6.18 Å². The average molecular weight is 644 g/mol. The van der Waals surface area contributed by atoms with Crippen LogP contribution < -0.4 is 15.4 Å². The summed E-state index contributed by atoms with van der Waals surface area (Å²) in [7, 11) is 0. The minimum Gasteiger partial charge on any atom is -0.349 e. The standard InChI is InChI=1S/C30H33ClF3N9O2/c1-5-24(44)42-14-18(4)41(17-19(42)11-12-35)27-21-13-36-43(23-10-8-9-22(31)25(23)30(32,33)34)28(45)26(21)37-29(38-27)40-15-20(16-40)39(6-2)7-3/h5,8-10,13,18-20H,1,6-7,11,14-17H2,2-4H3/t18-,19-/m0/s1. The predicted molar refractivity (Wildman–Crippen MR) is 165 cm³/mol. The summed E-state index contributed by atoms with van der Waals surface area (Å²) < 4.78 is 42.8. The number of aromatic nitrogens is 4. The Bertz CT molecular complexity index is 1710. The lowest BCUT2D eigenvalue weighted by Crippen LogP contribution is -2.60. The number of amides is 1. The molecule has 5 rings (SSSR count). The molecule has 0 spiro atoms. The Balaban J connectivity index is 1.67. The zero-order valence-corrected chi connectivity index (χ0v) is 25.9. The number of carbonyl (C=O) groups excluding carboxylic acids is 1. The summed E-state index contributed by atoms with van der Waals surface area (Å²) in [4.78, 5) is 43.8. The summed E-state index contributed by atoms with van der Waals surface area (Å²) in [5.41, 5.74) is -2.69. The van der Waals surface area contributed by atoms with Gasteiger partial charge in [0.05, 0.1) is 46.4 Å². The number of alkyl halides is 3. The van der Waals surface area contributed by atoms with E-state index in [0.29, 0.717) is 23.6 Å². The van der Waals surface area contributed by atoms with Gasteiger partial charge in [-0.15, -0.1) is 0 Å². The molecule has 238 valence electrons. The molecule has 0 bridgehead atoms. The molecular formula is C30H33ClF3N9O2. The first kappa shape index (κ1) is 32.2. The second-order valence-corrected chi connectivity index (χ2v) is 11.5. The molecule has 45 heavy (non-hydrogen) atoms. The second-order valence-electron chi connectivity index (χ2n) is 11.1. The normalized spacial score (nSPS) is 19.1. The van der Waals surface area contributed by atoms with Gasteiger partial charge in [0, 0.05) is 38.3 Å². The number of hydrogen-bond donors (Lipinski definition) is 0. The number of nitrogens with zero attached hydrogens (tertiary/aromatic N) is 9. The number of halogens is 4. The van der Waals surface area contributed by atoms with Crippen LogP contribution in [0.25, 0.3) is 16.6 Å². The lowest BCUT2D eigenvalue weighted by molar-refractivity contribution is -0.137. The number of benzene rings is 1. The molecule has 1 aromatic carbocycles. The van der Waals surface area contributed by atoms with Crippen molar-refractivity contribution in [3.8, 4) is 11.8 Å². The van der Waals surface area contributed by atoms with Crippen LogP contribution in [-0.2, 0) is 11.0 Å². The van der Waals surface area contributed by atoms with E-state index in [1.165, 1.54) is 18.3 Å². The minimum absolute atomic E-state index is 0.0520. The van der Waals surface area contributed by atoms with Gasteiger partial charge in [0.25, 0.3) is 5.56 Å². The summed E-state index contributed by atoms with van der Waals surface area (Å²) in [6.45, 7) is 13.0. The summed E-state index contributed by atoms with van der Waals surface area (Å²) in [5.74, 6) is 0.303. The summed E-state index contributed by atoms with van der Waals surface area (Å²) >= 11 is 5.95. The first-order valence-electron chi connectivity index (χ1n) is 14.6. The maximum Gasteiger partial charge on any atom is 0.419 e. The lowest BCUT2D eigenvalue weighted by Gasteiger charge is -2.46. The maximum absolute atomic E-state index is 14.1. The van der Waals surface area contributed by atoms with Gasteiger partial charge in [0.2, 0.25) is 11.9 Å². The third-order valence-corrected chi connectivity index (χ3v) is 8.80. The number of carbonyl (C=O) groups is 1. The summed E-state index contributed by atoms with van der Waals surface area (Å²) in [6, 6.07) is 5.14. The summed E-state index contributed by atoms with van der Waals surface area (Å²) in [5, 5.41) is 13.3. The van der Waals surface area contributed by atoms with Crippen molar-refractivity contribution in [2.24, 2.45) is 0 Å². The van der Waals surface area contributed by atoms with E-state index in [0.717, 1.165) is 25.2 Å². The molecule has 2 saturated heterocycles. The molecule has 15 heteroatoms. The van der Waals surface area contributed by atoms with Crippen LogP contribution in [0.15, 0.2) is 41.8 Å². The molecule has 2 aromatic heterocycles. The highest BCUT2D eigenvalue weighted by atomic mass is 35.5. The van der Waals surface area contributed by atoms with Crippen molar-refractivity contribution in [1.29, 1.82) is 5.26 Å². The van der Waals surface area contributed by atoms with Gasteiger partial charge in [-0.3, -0.25) is 14.5 Å². The molecule has 0 saturated carbocycles. The first-order chi connectivity index (χ1) is 21.4. The van der Waals surface area contributed by atoms with Crippen LogP contribution in [0.5, 0.6) is 0 Å².